The van der Waals surface area contributed by atoms with Gasteiger partial charge in [-0.3, -0.25) is 5.73 Å². The fourth-order valence-electron chi connectivity index (χ4n) is 1.39. The number of phenols is 1. The fraction of sp³-hybridized carbons (Fsp3) is 0.333. The molecule has 4 nitrogen and oxygen atoms in total. The Hall–Kier alpha value is -1.10. The number of hydrogen-bond acceptors (Lipinski definition) is 4. The summed E-state index contributed by atoms with van der Waals surface area (Å²) in [4.78, 5) is 9.66. The second kappa shape index (κ2) is 2.99. The molecule has 1 heterocycles. The van der Waals surface area contributed by atoms with Gasteiger partial charge in [-0.15, -0.1) is 0 Å². The largest absolute Gasteiger partial charge is 0.508 e. The predicted molar refractivity (Wildman–Crippen MR) is 45.6 cm³/mol. The van der Waals surface area contributed by atoms with E-state index in [0.29, 0.717) is 18.6 Å². The van der Waals surface area contributed by atoms with Crippen molar-refractivity contribution in [3.05, 3.63) is 29.8 Å². The third-order valence-corrected chi connectivity index (χ3v) is 2.12. The van der Waals surface area contributed by atoms with Gasteiger partial charge in [0.2, 0.25) is 0 Å². The Labute approximate surface area is 75.8 Å². The van der Waals surface area contributed by atoms with Crippen molar-refractivity contribution in [2.24, 2.45) is 5.73 Å². The van der Waals surface area contributed by atoms with Crippen molar-refractivity contribution in [1.82, 2.24) is 0 Å². The average molecular weight is 181 g/mol. The topological polar surface area (TPSA) is 64.7 Å². The first-order valence-electron chi connectivity index (χ1n) is 4.10. The number of rotatable bonds is 1. The highest BCUT2D eigenvalue weighted by atomic mass is 17.2. The van der Waals surface area contributed by atoms with Gasteiger partial charge in [0.05, 0.1) is 6.61 Å². The maximum atomic E-state index is 9.52. The molecule has 1 aliphatic heterocycles. The number of nitrogens with two attached hydrogens (primary N) is 1. The molecule has 4 heteroatoms. The van der Waals surface area contributed by atoms with E-state index in [9.17, 15) is 5.11 Å². The molecule has 70 valence electrons. The third kappa shape index (κ3) is 1.39. The summed E-state index contributed by atoms with van der Waals surface area (Å²) >= 11 is 0. The van der Waals surface area contributed by atoms with Crippen LogP contribution in [0, 0.1) is 0 Å². The van der Waals surface area contributed by atoms with Crippen LogP contribution in [0.3, 0.4) is 0 Å². The number of para-hydroxylation sites is 1. The van der Waals surface area contributed by atoms with E-state index in [1.807, 2.05) is 0 Å². The molecule has 13 heavy (non-hydrogen) atoms. The highest BCUT2D eigenvalue weighted by Gasteiger charge is 2.36. The second-order valence-electron chi connectivity index (χ2n) is 3.06. The standard InChI is InChI=1S/C9H11NO3/c10-9(5-6-12-13-9)7-3-1-2-4-8(7)11/h1-4,11H,5-6,10H2. The number of hydrogen-bond donors (Lipinski definition) is 2. The Morgan fingerprint density at radius 2 is 2.15 bits per heavy atom. The summed E-state index contributed by atoms with van der Waals surface area (Å²) < 4.78 is 0. The highest BCUT2D eigenvalue weighted by Crippen LogP contribution is 2.34. The van der Waals surface area contributed by atoms with Gasteiger partial charge in [-0.05, 0) is 6.07 Å². The summed E-state index contributed by atoms with van der Waals surface area (Å²) in [5.41, 5.74) is 5.44. The molecule has 0 amide bonds. The zero-order valence-electron chi connectivity index (χ0n) is 7.06. The van der Waals surface area contributed by atoms with E-state index < -0.39 is 5.72 Å². The summed E-state index contributed by atoms with van der Waals surface area (Å²) in [5, 5.41) is 9.52. The van der Waals surface area contributed by atoms with Crippen molar-refractivity contribution in [3.63, 3.8) is 0 Å². The van der Waals surface area contributed by atoms with Crippen LogP contribution in [0.2, 0.25) is 0 Å². The lowest BCUT2D eigenvalue weighted by molar-refractivity contribution is -0.312. The summed E-state index contributed by atoms with van der Waals surface area (Å²) in [6.07, 6.45) is 0.546. The molecule has 1 fully saturated rings. The molecular weight excluding hydrogens is 170 g/mol. The van der Waals surface area contributed by atoms with Gasteiger partial charge in [-0.25, -0.2) is 9.78 Å². The fourth-order valence-corrected chi connectivity index (χ4v) is 1.39. The molecule has 0 aromatic heterocycles. The van der Waals surface area contributed by atoms with Crippen molar-refractivity contribution >= 4 is 0 Å². The maximum absolute atomic E-state index is 9.52. The monoisotopic (exact) mass is 181 g/mol. The number of phenolic OH excluding ortho intramolecular Hbond substituents is 1. The Balaban J connectivity index is 2.39. The van der Waals surface area contributed by atoms with Gasteiger partial charge >= 0.3 is 0 Å². The normalized spacial score (nSPS) is 27.8. The van der Waals surface area contributed by atoms with E-state index in [1.54, 1.807) is 24.3 Å². The van der Waals surface area contributed by atoms with Crippen LogP contribution < -0.4 is 5.73 Å². The van der Waals surface area contributed by atoms with E-state index in [2.05, 4.69) is 0 Å². The molecule has 1 atom stereocenters. The SMILES string of the molecule is NC1(c2ccccc2O)CCOO1. The van der Waals surface area contributed by atoms with E-state index in [1.165, 1.54) is 0 Å². The molecular formula is C9H11NO3. The second-order valence-corrected chi connectivity index (χ2v) is 3.06. The van der Waals surface area contributed by atoms with Crippen molar-refractivity contribution in [3.8, 4) is 5.75 Å². The van der Waals surface area contributed by atoms with Crippen molar-refractivity contribution in [1.29, 1.82) is 0 Å². The minimum Gasteiger partial charge on any atom is -0.508 e. The minimum atomic E-state index is -0.995. The van der Waals surface area contributed by atoms with Crippen LogP contribution in [0.5, 0.6) is 5.75 Å². The molecule has 0 radical (unpaired) electrons. The lowest BCUT2D eigenvalue weighted by Crippen LogP contribution is -2.35. The lowest BCUT2D eigenvalue weighted by Gasteiger charge is -2.21. The zero-order chi connectivity index (χ0) is 9.31. The molecule has 1 unspecified atom stereocenters. The predicted octanol–water partition coefficient (Wildman–Crippen LogP) is 0.856. The van der Waals surface area contributed by atoms with Gasteiger partial charge < -0.3 is 5.11 Å². The first-order valence-corrected chi connectivity index (χ1v) is 4.10. The van der Waals surface area contributed by atoms with E-state index in [-0.39, 0.29) is 5.75 Å². The van der Waals surface area contributed by atoms with Crippen LogP contribution in [-0.4, -0.2) is 11.7 Å². The molecule has 1 aromatic rings. The van der Waals surface area contributed by atoms with E-state index in [0.717, 1.165) is 0 Å². The van der Waals surface area contributed by atoms with Crippen LogP contribution in [0.4, 0.5) is 0 Å². The summed E-state index contributed by atoms with van der Waals surface area (Å²) in [6, 6.07) is 6.83. The summed E-state index contributed by atoms with van der Waals surface area (Å²) in [7, 11) is 0. The Morgan fingerprint density at radius 1 is 1.38 bits per heavy atom. The molecule has 1 saturated heterocycles. The van der Waals surface area contributed by atoms with Crippen molar-refractivity contribution in [2.75, 3.05) is 6.61 Å². The van der Waals surface area contributed by atoms with Gasteiger partial charge in [0, 0.05) is 12.0 Å². The molecule has 3 N–H and O–H groups in total. The van der Waals surface area contributed by atoms with Gasteiger partial charge in [-0.2, -0.15) is 0 Å². The molecule has 0 aliphatic carbocycles. The first kappa shape index (κ1) is 8.50. The van der Waals surface area contributed by atoms with Crippen LogP contribution in [0.1, 0.15) is 12.0 Å². The maximum Gasteiger partial charge on any atom is 0.183 e. The van der Waals surface area contributed by atoms with Crippen LogP contribution in [-0.2, 0) is 15.5 Å². The molecule has 1 aromatic carbocycles. The summed E-state index contributed by atoms with van der Waals surface area (Å²) in [6.45, 7) is 0.449. The smallest absolute Gasteiger partial charge is 0.183 e. The number of benzene rings is 1. The molecule has 0 saturated carbocycles. The van der Waals surface area contributed by atoms with Crippen LogP contribution in [0.25, 0.3) is 0 Å². The zero-order valence-corrected chi connectivity index (χ0v) is 7.06. The van der Waals surface area contributed by atoms with Crippen LogP contribution >= 0.6 is 0 Å². The average Bonchev–Trinajstić information content (AvgIpc) is 2.54. The van der Waals surface area contributed by atoms with E-state index in [4.69, 9.17) is 15.5 Å². The lowest BCUT2D eigenvalue weighted by atomic mass is 10.0. The highest BCUT2D eigenvalue weighted by molar-refractivity contribution is 5.36. The van der Waals surface area contributed by atoms with Crippen molar-refractivity contribution in [2.45, 2.75) is 12.1 Å². The molecule has 1 aliphatic rings. The van der Waals surface area contributed by atoms with Crippen molar-refractivity contribution < 1.29 is 14.9 Å². The Kier molecular flexibility index (Phi) is 1.95. The van der Waals surface area contributed by atoms with Gasteiger partial charge in [0.25, 0.3) is 0 Å². The van der Waals surface area contributed by atoms with Gasteiger partial charge in [0.15, 0.2) is 5.72 Å². The minimum absolute atomic E-state index is 0.135. The summed E-state index contributed by atoms with van der Waals surface area (Å²) in [5.74, 6) is 0.135. The van der Waals surface area contributed by atoms with Gasteiger partial charge in [0.1, 0.15) is 5.75 Å². The molecule has 0 bridgehead atoms. The van der Waals surface area contributed by atoms with Crippen LogP contribution in [0.15, 0.2) is 24.3 Å². The Bertz CT molecular complexity index is 307. The number of aromatic hydroxyl groups is 1. The first-order chi connectivity index (χ1) is 6.22. The quantitative estimate of drug-likeness (QED) is 0.630. The van der Waals surface area contributed by atoms with E-state index >= 15 is 0 Å². The third-order valence-electron chi connectivity index (χ3n) is 2.12. The Morgan fingerprint density at radius 3 is 2.77 bits per heavy atom. The molecule has 2 rings (SSSR count). The molecule has 0 spiro atoms. The van der Waals surface area contributed by atoms with Gasteiger partial charge in [-0.1, -0.05) is 18.2 Å².